The molecule has 3 aliphatic rings. The molecule has 1 amide bonds. The Bertz CT molecular complexity index is 322. The second-order valence-electron chi connectivity index (χ2n) is 6.71. The van der Waals surface area contributed by atoms with Gasteiger partial charge in [0, 0.05) is 18.0 Å². The minimum Gasteiger partial charge on any atom is -0.339 e. The fourth-order valence-electron chi connectivity index (χ4n) is 4.20. The summed E-state index contributed by atoms with van der Waals surface area (Å²) in [4.78, 5) is 15.1. The summed E-state index contributed by atoms with van der Waals surface area (Å²) in [5.74, 6) is 1.27. The minimum absolute atomic E-state index is 0.0857. The van der Waals surface area contributed by atoms with Gasteiger partial charge in [-0.25, -0.2) is 0 Å². The van der Waals surface area contributed by atoms with Gasteiger partial charge in [-0.05, 0) is 51.1 Å². The first-order chi connectivity index (χ1) is 8.71. The third kappa shape index (κ3) is 2.07. The summed E-state index contributed by atoms with van der Waals surface area (Å²) in [5.41, 5.74) is -0.0857. The van der Waals surface area contributed by atoms with Gasteiger partial charge in [-0.15, -0.1) is 0 Å². The van der Waals surface area contributed by atoms with Crippen LogP contribution in [0.4, 0.5) is 0 Å². The van der Waals surface area contributed by atoms with Crippen molar-refractivity contribution in [3.05, 3.63) is 0 Å². The Hall–Kier alpha value is -0.570. The summed E-state index contributed by atoms with van der Waals surface area (Å²) in [6, 6.07) is 0.581. The molecule has 1 aliphatic carbocycles. The summed E-state index contributed by atoms with van der Waals surface area (Å²) in [7, 11) is 0. The van der Waals surface area contributed by atoms with Crippen LogP contribution in [0.5, 0.6) is 0 Å². The summed E-state index contributed by atoms with van der Waals surface area (Å²) in [6.45, 7) is 5.22. The van der Waals surface area contributed by atoms with Crippen molar-refractivity contribution >= 4 is 5.91 Å². The van der Waals surface area contributed by atoms with Crippen molar-refractivity contribution in [1.82, 2.24) is 10.2 Å². The highest BCUT2D eigenvalue weighted by molar-refractivity contribution is 5.83. The predicted molar refractivity (Wildman–Crippen MR) is 72.3 cm³/mol. The van der Waals surface area contributed by atoms with E-state index in [0.29, 0.717) is 11.9 Å². The maximum absolute atomic E-state index is 12.9. The van der Waals surface area contributed by atoms with Gasteiger partial charge in [-0.1, -0.05) is 19.8 Å². The Morgan fingerprint density at radius 2 is 1.89 bits per heavy atom. The molecule has 0 aromatic heterocycles. The molecule has 1 saturated carbocycles. The van der Waals surface area contributed by atoms with Crippen molar-refractivity contribution in [2.75, 3.05) is 19.6 Å². The van der Waals surface area contributed by atoms with Crippen molar-refractivity contribution in [2.45, 2.75) is 57.9 Å². The molecule has 0 spiro atoms. The number of piperidine rings is 1. The van der Waals surface area contributed by atoms with E-state index in [1.807, 2.05) is 0 Å². The highest BCUT2D eigenvalue weighted by Crippen LogP contribution is 2.40. The van der Waals surface area contributed by atoms with Crippen LogP contribution in [-0.4, -0.2) is 36.5 Å². The zero-order valence-electron chi connectivity index (χ0n) is 11.6. The fraction of sp³-hybridized carbons (Fsp3) is 0.933. The number of amides is 1. The van der Waals surface area contributed by atoms with Crippen LogP contribution in [0.2, 0.25) is 0 Å². The lowest BCUT2D eigenvalue weighted by Gasteiger charge is -2.40. The van der Waals surface area contributed by atoms with Gasteiger partial charge in [-0.3, -0.25) is 4.79 Å². The average Bonchev–Trinajstić information content (AvgIpc) is 2.82. The molecule has 2 unspecified atom stereocenters. The number of nitrogens with zero attached hydrogens (tertiary/aromatic N) is 1. The van der Waals surface area contributed by atoms with Crippen LogP contribution in [-0.2, 0) is 4.79 Å². The smallest absolute Gasteiger partial charge is 0.228 e. The first-order valence-electron chi connectivity index (χ1n) is 7.72. The van der Waals surface area contributed by atoms with Crippen molar-refractivity contribution in [1.29, 1.82) is 0 Å². The molecule has 0 aromatic rings. The molecule has 0 bridgehead atoms. The number of rotatable bonds is 1. The third-order valence-corrected chi connectivity index (χ3v) is 5.49. The van der Waals surface area contributed by atoms with E-state index in [9.17, 15) is 4.79 Å². The fourth-order valence-corrected chi connectivity index (χ4v) is 4.20. The van der Waals surface area contributed by atoms with E-state index in [1.165, 1.54) is 32.1 Å². The van der Waals surface area contributed by atoms with Gasteiger partial charge < -0.3 is 10.2 Å². The molecule has 3 fully saturated rings. The van der Waals surface area contributed by atoms with Crippen molar-refractivity contribution in [3.63, 3.8) is 0 Å². The minimum atomic E-state index is -0.0857. The van der Waals surface area contributed by atoms with Gasteiger partial charge in [0.1, 0.15) is 0 Å². The number of hydrogen-bond acceptors (Lipinski definition) is 2. The number of fused-ring (bicyclic) bond motifs is 1. The van der Waals surface area contributed by atoms with E-state index in [0.717, 1.165) is 38.4 Å². The zero-order chi connectivity index (χ0) is 12.6. The highest BCUT2D eigenvalue weighted by atomic mass is 16.2. The highest BCUT2D eigenvalue weighted by Gasteiger charge is 2.44. The van der Waals surface area contributed by atoms with Gasteiger partial charge in [0.25, 0.3) is 0 Å². The maximum Gasteiger partial charge on any atom is 0.228 e. The second kappa shape index (κ2) is 4.84. The van der Waals surface area contributed by atoms with Crippen LogP contribution in [0, 0.1) is 11.3 Å². The standard InChI is InChI=1S/C15H26N2O/c1-15(7-9-16-10-8-15)14(18)17-11-6-12-4-2-3-5-13(12)17/h12-13,16H,2-11H2,1H3. The lowest BCUT2D eigenvalue weighted by molar-refractivity contribution is -0.144. The topological polar surface area (TPSA) is 32.3 Å². The molecule has 2 atom stereocenters. The van der Waals surface area contributed by atoms with Crippen LogP contribution in [0.1, 0.15) is 51.9 Å². The third-order valence-electron chi connectivity index (χ3n) is 5.49. The quantitative estimate of drug-likeness (QED) is 0.773. The molecule has 0 radical (unpaired) electrons. The molecule has 102 valence electrons. The summed E-state index contributed by atoms with van der Waals surface area (Å²) in [5, 5.41) is 3.37. The second-order valence-corrected chi connectivity index (χ2v) is 6.71. The van der Waals surface area contributed by atoms with Gasteiger partial charge >= 0.3 is 0 Å². The Labute approximate surface area is 110 Å². The van der Waals surface area contributed by atoms with E-state index >= 15 is 0 Å². The van der Waals surface area contributed by atoms with Crippen molar-refractivity contribution in [2.24, 2.45) is 11.3 Å². The van der Waals surface area contributed by atoms with Crippen LogP contribution in [0.25, 0.3) is 0 Å². The Kier molecular flexibility index (Phi) is 3.35. The molecule has 3 heteroatoms. The van der Waals surface area contributed by atoms with E-state index in [1.54, 1.807) is 0 Å². The largest absolute Gasteiger partial charge is 0.339 e. The Balaban J connectivity index is 1.72. The first kappa shape index (κ1) is 12.5. The molecular weight excluding hydrogens is 224 g/mol. The van der Waals surface area contributed by atoms with Crippen molar-refractivity contribution in [3.8, 4) is 0 Å². The Morgan fingerprint density at radius 3 is 2.67 bits per heavy atom. The molecule has 2 heterocycles. The molecule has 1 N–H and O–H groups in total. The number of nitrogens with one attached hydrogen (secondary N) is 1. The normalized spacial score (nSPS) is 35.3. The Morgan fingerprint density at radius 1 is 1.17 bits per heavy atom. The van der Waals surface area contributed by atoms with Crippen LogP contribution in [0.3, 0.4) is 0 Å². The van der Waals surface area contributed by atoms with Crippen molar-refractivity contribution < 1.29 is 4.79 Å². The molecular formula is C15H26N2O. The lowest BCUT2D eigenvalue weighted by atomic mass is 9.78. The SMILES string of the molecule is CC1(C(=O)N2CCC3CCCCC32)CCNCC1. The van der Waals surface area contributed by atoms with Gasteiger partial charge in [-0.2, -0.15) is 0 Å². The number of carbonyl (C=O) groups is 1. The van der Waals surface area contributed by atoms with Gasteiger partial charge in [0.2, 0.25) is 5.91 Å². The van der Waals surface area contributed by atoms with E-state index < -0.39 is 0 Å². The van der Waals surface area contributed by atoms with E-state index in [-0.39, 0.29) is 5.41 Å². The number of carbonyl (C=O) groups excluding carboxylic acids is 1. The van der Waals surface area contributed by atoms with Crippen LogP contribution < -0.4 is 5.32 Å². The van der Waals surface area contributed by atoms with Crippen LogP contribution in [0.15, 0.2) is 0 Å². The molecule has 0 aromatic carbocycles. The monoisotopic (exact) mass is 250 g/mol. The first-order valence-corrected chi connectivity index (χ1v) is 7.72. The lowest BCUT2D eigenvalue weighted by Crippen LogP contribution is -2.50. The van der Waals surface area contributed by atoms with E-state index in [4.69, 9.17) is 0 Å². The maximum atomic E-state index is 12.9. The number of hydrogen-bond donors (Lipinski definition) is 1. The predicted octanol–water partition coefficient (Wildman–Crippen LogP) is 2.17. The molecule has 18 heavy (non-hydrogen) atoms. The summed E-state index contributed by atoms with van der Waals surface area (Å²) >= 11 is 0. The molecule has 2 aliphatic heterocycles. The molecule has 3 nitrogen and oxygen atoms in total. The van der Waals surface area contributed by atoms with Gasteiger partial charge in [0.15, 0.2) is 0 Å². The van der Waals surface area contributed by atoms with Crippen LogP contribution >= 0.6 is 0 Å². The molecule has 2 saturated heterocycles. The summed E-state index contributed by atoms with van der Waals surface area (Å²) in [6.07, 6.45) is 8.59. The molecule has 3 rings (SSSR count). The van der Waals surface area contributed by atoms with E-state index in [2.05, 4.69) is 17.1 Å². The number of likely N-dealkylation sites (tertiary alicyclic amines) is 1. The summed E-state index contributed by atoms with van der Waals surface area (Å²) < 4.78 is 0. The van der Waals surface area contributed by atoms with Gasteiger partial charge in [0.05, 0.1) is 0 Å². The zero-order valence-corrected chi connectivity index (χ0v) is 11.6. The average molecular weight is 250 g/mol.